The number of hydrogen-bond acceptors (Lipinski definition) is 3. The Kier molecular flexibility index (Phi) is 5.49. The van der Waals surface area contributed by atoms with E-state index in [1.54, 1.807) is 24.0 Å². The number of nitrogens with one attached hydrogen (secondary N) is 1. The van der Waals surface area contributed by atoms with Gasteiger partial charge in [-0.3, -0.25) is 9.59 Å². The molecular formula is C16H21FN2O3. The van der Waals surface area contributed by atoms with Gasteiger partial charge in [-0.2, -0.15) is 0 Å². The minimum atomic E-state index is -0.430. The van der Waals surface area contributed by atoms with E-state index in [-0.39, 0.29) is 36.5 Å². The van der Waals surface area contributed by atoms with Gasteiger partial charge in [0.1, 0.15) is 5.82 Å². The number of aliphatic hydroxyl groups is 1. The Balaban J connectivity index is 1.75. The van der Waals surface area contributed by atoms with Crippen molar-refractivity contribution in [2.75, 3.05) is 19.6 Å². The zero-order valence-electron chi connectivity index (χ0n) is 12.6. The predicted molar refractivity (Wildman–Crippen MR) is 79.5 cm³/mol. The molecule has 0 bridgehead atoms. The largest absolute Gasteiger partial charge is 0.393 e. The summed E-state index contributed by atoms with van der Waals surface area (Å²) in [5.74, 6) is -0.754. The number of nitrogens with zero attached hydrogens (tertiary/aromatic N) is 1. The second kappa shape index (κ2) is 7.35. The summed E-state index contributed by atoms with van der Waals surface area (Å²) in [6.07, 6.45) is 0.391. The normalized spacial score (nSPS) is 19.0. The molecule has 2 atom stereocenters. The van der Waals surface area contributed by atoms with Crippen LogP contribution in [0.2, 0.25) is 0 Å². The molecule has 1 aromatic carbocycles. The molecule has 2 unspecified atom stereocenters. The quantitative estimate of drug-likeness (QED) is 0.842. The first-order chi connectivity index (χ1) is 10.5. The van der Waals surface area contributed by atoms with Gasteiger partial charge in [0.25, 0.3) is 0 Å². The van der Waals surface area contributed by atoms with Crippen LogP contribution in [-0.2, 0) is 16.0 Å². The molecule has 2 amide bonds. The third-order valence-corrected chi connectivity index (χ3v) is 3.95. The molecule has 22 heavy (non-hydrogen) atoms. The Hall–Kier alpha value is -1.95. The predicted octanol–water partition coefficient (Wildman–Crippen LogP) is 0.714. The van der Waals surface area contributed by atoms with Gasteiger partial charge in [-0.25, -0.2) is 4.39 Å². The molecule has 1 aliphatic rings. The highest BCUT2D eigenvalue weighted by atomic mass is 19.1. The molecular weight excluding hydrogens is 287 g/mol. The van der Waals surface area contributed by atoms with E-state index < -0.39 is 6.10 Å². The highest BCUT2D eigenvalue weighted by Crippen LogP contribution is 2.19. The number of benzene rings is 1. The van der Waals surface area contributed by atoms with Crippen molar-refractivity contribution in [2.45, 2.75) is 25.9 Å². The molecule has 1 fully saturated rings. The van der Waals surface area contributed by atoms with Gasteiger partial charge in [-0.05, 0) is 31.0 Å². The molecule has 0 saturated carbocycles. The molecule has 0 aliphatic carbocycles. The lowest BCUT2D eigenvalue weighted by atomic mass is 10.0. The summed E-state index contributed by atoms with van der Waals surface area (Å²) in [5.41, 5.74) is 0.570. The third kappa shape index (κ3) is 4.53. The maximum absolute atomic E-state index is 13.0. The topological polar surface area (TPSA) is 69.6 Å². The van der Waals surface area contributed by atoms with E-state index >= 15 is 0 Å². The Bertz CT molecular complexity index is 548. The average molecular weight is 308 g/mol. The smallest absolute Gasteiger partial charge is 0.241 e. The van der Waals surface area contributed by atoms with Crippen LogP contribution in [0.1, 0.15) is 18.9 Å². The number of rotatable bonds is 5. The van der Waals surface area contributed by atoms with Crippen molar-refractivity contribution in [1.82, 2.24) is 10.2 Å². The Morgan fingerprint density at radius 1 is 1.50 bits per heavy atom. The monoisotopic (exact) mass is 308 g/mol. The van der Waals surface area contributed by atoms with Gasteiger partial charge in [0.05, 0.1) is 19.1 Å². The highest BCUT2D eigenvalue weighted by molar-refractivity contribution is 5.85. The van der Waals surface area contributed by atoms with Crippen molar-refractivity contribution in [3.05, 3.63) is 35.6 Å². The fraction of sp³-hybridized carbons (Fsp3) is 0.500. The van der Waals surface area contributed by atoms with Crippen LogP contribution in [0.25, 0.3) is 0 Å². The third-order valence-electron chi connectivity index (χ3n) is 3.95. The van der Waals surface area contributed by atoms with Crippen LogP contribution in [0.3, 0.4) is 0 Å². The minimum Gasteiger partial charge on any atom is -0.393 e. The second-order valence-electron chi connectivity index (χ2n) is 5.71. The van der Waals surface area contributed by atoms with E-state index in [4.69, 9.17) is 0 Å². The number of likely N-dealkylation sites (tertiary alicyclic amines) is 1. The van der Waals surface area contributed by atoms with Gasteiger partial charge in [0.2, 0.25) is 11.8 Å². The Labute approximate surface area is 129 Å². The van der Waals surface area contributed by atoms with Gasteiger partial charge >= 0.3 is 0 Å². The molecule has 120 valence electrons. The lowest BCUT2D eigenvalue weighted by molar-refractivity contribution is -0.132. The number of hydrogen-bond donors (Lipinski definition) is 2. The number of carbonyl (C=O) groups excluding carboxylic acids is 2. The maximum atomic E-state index is 13.0. The van der Waals surface area contributed by atoms with Crippen molar-refractivity contribution < 1.29 is 19.1 Å². The van der Waals surface area contributed by atoms with Crippen LogP contribution in [0.4, 0.5) is 4.39 Å². The van der Waals surface area contributed by atoms with E-state index in [0.717, 1.165) is 6.42 Å². The molecule has 1 heterocycles. The summed E-state index contributed by atoms with van der Waals surface area (Å²) < 4.78 is 13.0. The lowest BCUT2D eigenvalue weighted by Gasteiger charge is -2.18. The molecule has 0 spiro atoms. The van der Waals surface area contributed by atoms with E-state index in [0.29, 0.717) is 18.7 Å². The van der Waals surface area contributed by atoms with Crippen LogP contribution in [0.15, 0.2) is 24.3 Å². The zero-order valence-corrected chi connectivity index (χ0v) is 12.6. The van der Waals surface area contributed by atoms with Gasteiger partial charge in [-0.15, -0.1) is 0 Å². The van der Waals surface area contributed by atoms with E-state index in [9.17, 15) is 19.1 Å². The van der Waals surface area contributed by atoms with Crippen molar-refractivity contribution in [1.29, 1.82) is 0 Å². The zero-order chi connectivity index (χ0) is 16.1. The molecule has 5 nitrogen and oxygen atoms in total. The summed E-state index contributed by atoms with van der Waals surface area (Å²) in [4.78, 5) is 25.4. The summed E-state index contributed by atoms with van der Waals surface area (Å²) in [5, 5.41) is 12.1. The van der Waals surface area contributed by atoms with Crippen LogP contribution in [0.5, 0.6) is 0 Å². The van der Waals surface area contributed by atoms with Crippen LogP contribution < -0.4 is 5.32 Å². The molecule has 1 aromatic rings. The molecule has 1 aliphatic heterocycles. The molecule has 1 saturated heterocycles. The first-order valence-corrected chi connectivity index (χ1v) is 7.42. The maximum Gasteiger partial charge on any atom is 0.241 e. The van der Waals surface area contributed by atoms with Gasteiger partial charge in [-0.1, -0.05) is 12.1 Å². The van der Waals surface area contributed by atoms with Crippen molar-refractivity contribution in [3.8, 4) is 0 Å². The SMILES string of the molecule is CC(O)C1CCN(C(=O)CNC(=O)Cc2cccc(F)c2)C1. The minimum absolute atomic E-state index is 0.0430. The van der Waals surface area contributed by atoms with E-state index in [1.165, 1.54) is 12.1 Å². The first kappa shape index (κ1) is 16.4. The average Bonchev–Trinajstić information content (AvgIpc) is 2.95. The summed E-state index contributed by atoms with van der Waals surface area (Å²) in [7, 11) is 0. The lowest BCUT2D eigenvalue weighted by Crippen LogP contribution is -2.40. The van der Waals surface area contributed by atoms with Crippen molar-refractivity contribution in [2.24, 2.45) is 5.92 Å². The molecule has 2 N–H and O–H groups in total. The van der Waals surface area contributed by atoms with E-state index in [2.05, 4.69) is 5.32 Å². The Morgan fingerprint density at radius 3 is 2.91 bits per heavy atom. The molecule has 6 heteroatoms. The highest BCUT2D eigenvalue weighted by Gasteiger charge is 2.28. The number of amides is 2. The summed E-state index contributed by atoms with van der Waals surface area (Å²) in [6.45, 7) is 2.78. The first-order valence-electron chi connectivity index (χ1n) is 7.42. The molecule has 0 radical (unpaired) electrons. The number of carbonyl (C=O) groups is 2. The van der Waals surface area contributed by atoms with E-state index in [1.807, 2.05) is 0 Å². The van der Waals surface area contributed by atoms with Gasteiger partial charge < -0.3 is 15.3 Å². The second-order valence-corrected chi connectivity index (χ2v) is 5.71. The summed E-state index contributed by atoms with van der Waals surface area (Å²) in [6, 6.07) is 5.83. The van der Waals surface area contributed by atoms with Crippen LogP contribution >= 0.6 is 0 Å². The van der Waals surface area contributed by atoms with Crippen LogP contribution in [0, 0.1) is 11.7 Å². The fourth-order valence-corrected chi connectivity index (χ4v) is 2.59. The van der Waals surface area contributed by atoms with Crippen LogP contribution in [-0.4, -0.2) is 47.6 Å². The van der Waals surface area contributed by atoms with Gasteiger partial charge in [0, 0.05) is 19.0 Å². The van der Waals surface area contributed by atoms with Gasteiger partial charge in [0.15, 0.2) is 0 Å². The fourth-order valence-electron chi connectivity index (χ4n) is 2.59. The van der Waals surface area contributed by atoms with Crippen molar-refractivity contribution in [3.63, 3.8) is 0 Å². The molecule has 2 rings (SSSR count). The van der Waals surface area contributed by atoms with Crippen molar-refractivity contribution >= 4 is 11.8 Å². The number of halogens is 1. The Morgan fingerprint density at radius 2 is 2.27 bits per heavy atom. The summed E-state index contributed by atoms with van der Waals surface area (Å²) >= 11 is 0. The standard InChI is InChI=1S/C16H21FN2O3/c1-11(20)13-5-6-19(10-13)16(22)9-18-15(21)8-12-3-2-4-14(17)7-12/h2-4,7,11,13,20H,5-6,8-10H2,1H3,(H,18,21). The molecule has 0 aromatic heterocycles. The number of aliphatic hydroxyl groups excluding tert-OH is 1.